The summed E-state index contributed by atoms with van der Waals surface area (Å²) in [5, 5.41) is 0. The van der Waals surface area contributed by atoms with Crippen LogP contribution in [0.5, 0.6) is 0 Å². The largest absolute Gasteiger partial charge is 0.303 e. The zero-order valence-corrected chi connectivity index (χ0v) is 14.6. The van der Waals surface area contributed by atoms with Gasteiger partial charge in [0.05, 0.1) is 0 Å². The Kier molecular flexibility index (Phi) is 5.17. The smallest absolute Gasteiger partial charge is 0.150 e. The number of likely N-dealkylation sites (tertiary alicyclic amines) is 2. The number of hydrogen-bond donors (Lipinski definition) is 0. The van der Waals surface area contributed by atoms with Crippen LogP contribution >= 0.6 is 0 Å². The van der Waals surface area contributed by atoms with Gasteiger partial charge in [-0.2, -0.15) is 0 Å². The Morgan fingerprint density at radius 1 is 1.04 bits per heavy atom. The molecule has 3 nitrogen and oxygen atoms in total. The maximum Gasteiger partial charge on any atom is 0.150 e. The number of carbonyl (C=O) groups excluding carboxylic acids is 1. The number of nitrogens with zero attached hydrogens (tertiary/aromatic N) is 2. The van der Waals surface area contributed by atoms with E-state index < -0.39 is 0 Å². The summed E-state index contributed by atoms with van der Waals surface area (Å²) in [5.74, 6) is 0.776. The molecule has 3 rings (SSSR count). The Balaban J connectivity index is 1.51. The van der Waals surface area contributed by atoms with Crippen molar-refractivity contribution in [2.45, 2.75) is 39.7 Å². The van der Waals surface area contributed by atoms with Crippen LogP contribution in [0, 0.1) is 11.3 Å². The van der Waals surface area contributed by atoms with Crippen LogP contribution in [0.3, 0.4) is 0 Å². The summed E-state index contributed by atoms with van der Waals surface area (Å²) in [6.45, 7) is 11.9. The van der Waals surface area contributed by atoms with Crippen LogP contribution in [0.15, 0.2) is 24.3 Å². The van der Waals surface area contributed by atoms with Gasteiger partial charge < -0.3 is 4.90 Å². The third-order valence-corrected chi connectivity index (χ3v) is 5.58. The zero-order valence-electron chi connectivity index (χ0n) is 14.6. The van der Waals surface area contributed by atoms with Crippen molar-refractivity contribution >= 4 is 6.29 Å². The van der Waals surface area contributed by atoms with Crippen molar-refractivity contribution < 1.29 is 4.79 Å². The van der Waals surface area contributed by atoms with Crippen molar-refractivity contribution in [1.82, 2.24) is 9.80 Å². The first kappa shape index (κ1) is 16.7. The molecule has 0 radical (unpaired) electrons. The molecule has 2 aliphatic rings. The molecule has 2 saturated heterocycles. The molecule has 0 bridgehead atoms. The molecule has 1 spiro atoms. The van der Waals surface area contributed by atoms with E-state index >= 15 is 0 Å². The second-order valence-corrected chi connectivity index (χ2v) is 8.01. The van der Waals surface area contributed by atoms with Crippen molar-refractivity contribution in [3.63, 3.8) is 0 Å². The first-order valence-corrected chi connectivity index (χ1v) is 9.07. The van der Waals surface area contributed by atoms with Crippen LogP contribution in [0.1, 0.15) is 49.0 Å². The summed E-state index contributed by atoms with van der Waals surface area (Å²) in [6.07, 6.45) is 5.00. The van der Waals surface area contributed by atoms with E-state index in [2.05, 4.69) is 35.8 Å². The number of carbonyl (C=O) groups is 1. The molecule has 0 N–H and O–H groups in total. The van der Waals surface area contributed by atoms with E-state index in [-0.39, 0.29) is 0 Å². The van der Waals surface area contributed by atoms with Crippen LogP contribution < -0.4 is 0 Å². The lowest BCUT2D eigenvalue weighted by Crippen LogP contribution is -2.42. The highest BCUT2D eigenvalue weighted by Gasteiger charge is 2.40. The predicted octanol–water partition coefficient (Wildman–Crippen LogP) is 3.44. The quantitative estimate of drug-likeness (QED) is 0.778. The summed E-state index contributed by atoms with van der Waals surface area (Å²) in [6, 6.07) is 8.05. The third kappa shape index (κ3) is 4.21. The summed E-state index contributed by atoms with van der Waals surface area (Å²) >= 11 is 0. The van der Waals surface area contributed by atoms with E-state index in [1.807, 2.05) is 12.1 Å². The van der Waals surface area contributed by atoms with Crippen LogP contribution in [0.25, 0.3) is 0 Å². The van der Waals surface area contributed by atoms with E-state index in [9.17, 15) is 4.79 Å². The lowest BCUT2D eigenvalue weighted by molar-refractivity contribution is 0.0984. The summed E-state index contributed by atoms with van der Waals surface area (Å²) in [7, 11) is 0. The minimum atomic E-state index is 0.566. The number of hydrogen-bond acceptors (Lipinski definition) is 3. The third-order valence-electron chi connectivity index (χ3n) is 5.58. The molecule has 0 aromatic heterocycles. The number of rotatable bonds is 5. The molecule has 2 heterocycles. The molecule has 0 aliphatic carbocycles. The van der Waals surface area contributed by atoms with Crippen LogP contribution in [0.4, 0.5) is 0 Å². The van der Waals surface area contributed by atoms with Gasteiger partial charge in [-0.15, -0.1) is 0 Å². The molecule has 23 heavy (non-hydrogen) atoms. The molecule has 0 unspecified atom stereocenters. The average Bonchev–Trinajstić information content (AvgIpc) is 2.93. The average molecular weight is 314 g/mol. The van der Waals surface area contributed by atoms with Gasteiger partial charge >= 0.3 is 0 Å². The van der Waals surface area contributed by atoms with Gasteiger partial charge in [-0.1, -0.05) is 38.1 Å². The first-order chi connectivity index (χ1) is 11.1. The lowest BCUT2D eigenvalue weighted by Gasteiger charge is -2.40. The van der Waals surface area contributed by atoms with Gasteiger partial charge in [-0.05, 0) is 55.8 Å². The summed E-state index contributed by atoms with van der Waals surface area (Å²) in [5.41, 5.74) is 2.66. The topological polar surface area (TPSA) is 23.6 Å². The van der Waals surface area contributed by atoms with Gasteiger partial charge in [0.2, 0.25) is 0 Å². The van der Waals surface area contributed by atoms with Crippen molar-refractivity contribution in [2.24, 2.45) is 11.3 Å². The molecule has 3 heteroatoms. The molecular weight excluding hydrogens is 284 g/mol. The number of benzene rings is 1. The fourth-order valence-electron chi connectivity index (χ4n) is 4.26. The van der Waals surface area contributed by atoms with Gasteiger partial charge in [-0.25, -0.2) is 0 Å². The van der Waals surface area contributed by atoms with E-state index in [4.69, 9.17) is 0 Å². The van der Waals surface area contributed by atoms with Gasteiger partial charge in [0.15, 0.2) is 0 Å². The fraction of sp³-hybridized carbons (Fsp3) is 0.650. The van der Waals surface area contributed by atoms with Crippen molar-refractivity contribution in [2.75, 3.05) is 32.7 Å². The Labute approximate surface area is 140 Å². The molecule has 1 aromatic carbocycles. The van der Waals surface area contributed by atoms with Gasteiger partial charge in [0, 0.05) is 25.2 Å². The van der Waals surface area contributed by atoms with Crippen molar-refractivity contribution in [1.29, 1.82) is 0 Å². The Morgan fingerprint density at radius 2 is 1.65 bits per heavy atom. The van der Waals surface area contributed by atoms with Crippen LogP contribution in [-0.4, -0.2) is 48.8 Å². The molecule has 0 saturated carbocycles. The standard InChI is InChI=1S/C20H30N2O/c1-17(2)13-21-10-7-20(8-11-21)9-12-22(16-20)14-18-3-5-19(15-23)6-4-18/h3-6,15,17H,7-14,16H2,1-2H3. The normalized spacial score (nSPS) is 22.0. The summed E-state index contributed by atoms with van der Waals surface area (Å²) < 4.78 is 0. The highest BCUT2D eigenvalue weighted by molar-refractivity contribution is 5.74. The van der Waals surface area contributed by atoms with Gasteiger partial charge in [-0.3, -0.25) is 9.69 Å². The Hall–Kier alpha value is -1.19. The minimum Gasteiger partial charge on any atom is -0.303 e. The summed E-state index contributed by atoms with van der Waals surface area (Å²) in [4.78, 5) is 16.0. The first-order valence-electron chi connectivity index (χ1n) is 9.07. The number of piperidine rings is 1. The minimum absolute atomic E-state index is 0.566. The SMILES string of the molecule is CC(C)CN1CCC2(CC1)CCN(Cc1ccc(C=O)cc1)C2. The van der Waals surface area contributed by atoms with Crippen molar-refractivity contribution in [3.8, 4) is 0 Å². The zero-order chi connectivity index (χ0) is 16.3. The van der Waals surface area contributed by atoms with E-state index in [1.54, 1.807) is 0 Å². The van der Waals surface area contributed by atoms with E-state index in [0.717, 1.165) is 24.3 Å². The molecule has 2 fully saturated rings. The molecule has 2 aliphatic heterocycles. The second-order valence-electron chi connectivity index (χ2n) is 8.01. The van der Waals surface area contributed by atoms with Crippen molar-refractivity contribution in [3.05, 3.63) is 35.4 Å². The molecular formula is C20H30N2O. The Bertz CT molecular complexity index is 515. The molecule has 0 atom stereocenters. The Morgan fingerprint density at radius 3 is 2.22 bits per heavy atom. The van der Waals surface area contributed by atoms with E-state index in [1.165, 1.54) is 57.5 Å². The van der Waals surface area contributed by atoms with Gasteiger partial charge in [0.25, 0.3) is 0 Å². The van der Waals surface area contributed by atoms with Crippen LogP contribution in [-0.2, 0) is 6.54 Å². The predicted molar refractivity (Wildman–Crippen MR) is 94.7 cm³/mol. The van der Waals surface area contributed by atoms with Gasteiger partial charge in [0.1, 0.15) is 6.29 Å². The molecule has 1 aromatic rings. The second kappa shape index (κ2) is 7.14. The monoisotopic (exact) mass is 314 g/mol. The highest BCUT2D eigenvalue weighted by atomic mass is 16.1. The van der Waals surface area contributed by atoms with E-state index in [0.29, 0.717) is 5.41 Å². The molecule has 126 valence electrons. The fourth-order valence-corrected chi connectivity index (χ4v) is 4.26. The van der Waals surface area contributed by atoms with Crippen LogP contribution in [0.2, 0.25) is 0 Å². The lowest BCUT2D eigenvalue weighted by atomic mass is 9.77. The maximum absolute atomic E-state index is 10.7. The maximum atomic E-state index is 10.7. The highest BCUT2D eigenvalue weighted by Crippen LogP contribution is 2.40. The number of aldehydes is 1. The molecule has 0 amide bonds.